The van der Waals surface area contributed by atoms with Gasteiger partial charge in [0.25, 0.3) is 0 Å². The number of anilines is 1. The second-order valence-corrected chi connectivity index (χ2v) is 7.21. The summed E-state index contributed by atoms with van der Waals surface area (Å²) < 4.78 is 5.74. The van der Waals surface area contributed by atoms with Crippen LogP contribution >= 0.6 is 11.6 Å². The molecule has 0 saturated heterocycles. The second-order valence-electron chi connectivity index (χ2n) is 6.81. The van der Waals surface area contributed by atoms with Gasteiger partial charge in [-0.2, -0.15) is 4.98 Å². The highest BCUT2D eigenvalue weighted by molar-refractivity contribution is 6.31. The third-order valence-electron chi connectivity index (χ3n) is 4.98. The van der Waals surface area contributed by atoms with Crippen LogP contribution in [0.3, 0.4) is 0 Å². The summed E-state index contributed by atoms with van der Waals surface area (Å²) >= 11 is 6.42. The van der Waals surface area contributed by atoms with Crippen molar-refractivity contribution in [2.75, 3.05) is 5.32 Å². The molecule has 2 heterocycles. The first-order valence-corrected chi connectivity index (χ1v) is 9.55. The number of aromatic nitrogens is 1. The highest BCUT2D eigenvalue weighted by Gasteiger charge is 2.33. The lowest BCUT2D eigenvalue weighted by molar-refractivity contribution is -0.116. The summed E-state index contributed by atoms with van der Waals surface area (Å²) in [6, 6.07) is 14.9. The van der Waals surface area contributed by atoms with Crippen LogP contribution in [0.15, 0.2) is 69.2 Å². The van der Waals surface area contributed by atoms with Crippen LogP contribution in [0.5, 0.6) is 0 Å². The minimum atomic E-state index is -0.454. The molecular weight excluding hydrogens is 376 g/mol. The summed E-state index contributed by atoms with van der Waals surface area (Å²) in [5.41, 5.74) is 3.84. The van der Waals surface area contributed by atoms with E-state index in [4.69, 9.17) is 21.0 Å². The van der Waals surface area contributed by atoms with Crippen molar-refractivity contribution in [3.05, 3.63) is 70.4 Å². The van der Waals surface area contributed by atoms with Gasteiger partial charge in [0.2, 0.25) is 5.96 Å². The molecule has 28 heavy (non-hydrogen) atoms. The molecule has 2 N–H and O–H groups in total. The van der Waals surface area contributed by atoms with E-state index in [1.807, 2.05) is 48.5 Å². The van der Waals surface area contributed by atoms with E-state index in [2.05, 4.69) is 15.6 Å². The highest BCUT2D eigenvalue weighted by Crippen LogP contribution is 2.38. The lowest BCUT2D eigenvalue weighted by Gasteiger charge is -2.30. The van der Waals surface area contributed by atoms with Gasteiger partial charge in [0.1, 0.15) is 11.6 Å². The average molecular weight is 393 g/mol. The number of aliphatic imine (C=N–C) groups is 1. The van der Waals surface area contributed by atoms with Gasteiger partial charge in [-0.1, -0.05) is 41.9 Å². The van der Waals surface area contributed by atoms with Crippen molar-refractivity contribution in [2.45, 2.75) is 25.3 Å². The molecule has 3 aromatic rings. The number of hydrogen-bond acceptors (Lipinski definition) is 6. The fourth-order valence-corrected chi connectivity index (χ4v) is 3.93. The van der Waals surface area contributed by atoms with Gasteiger partial charge in [-0.15, -0.1) is 0 Å². The Kier molecular flexibility index (Phi) is 4.13. The number of guanidine groups is 1. The number of nitrogens with zero attached hydrogens (tertiary/aromatic N) is 2. The Morgan fingerprint density at radius 2 is 1.93 bits per heavy atom. The van der Waals surface area contributed by atoms with E-state index in [1.165, 1.54) is 0 Å². The number of Topliss-reactive ketones (excluding diaryl/α,β-unsaturated/α-hetero) is 1. The van der Waals surface area contributed by atoms with Crippen molar-refractivity contribution in [1.29, 1.82) is 0 Å². The predicted octanol–water partition coefficient (Wildman–Crippen LogP) is 4.60. The summed E-state index contributed by atoms with van der Waals surface area (Å²) in [6.07, 6.45) is 2.14. The van der Waals surface area contributed by atoms with E-state index in [-0.39, 0.29) is 5.78 Å². The Labute approximate surface area is 166 Å². The number of benzene rings is 2. The number of oxazole rings is 1. The maximum atomic E-state index is 12.6. The lowest BCUT2D eigenvalue weighted by Crippen LogP contribution is -2.38. The molecular formula is C21H17ClN4O2. The summed E-state index contributed by atoms with van der Waals surface area (Å²) in [7, 11) is 0. The zero-order chi connectivity index (χ0) is 19.1. The molecule has 140 valence electrons. The molecule has 0 amide bonds. The molecule has 0 bridgehead atoms. The number of halogens is 1. The van der Waals surface area contributed by atoms with Crippen LogP contribution in [0, 0.1) is 0 Å². The van der Waals surface area contributed by atoms with E-state index in [9.17, 15) is 4.79 Å². The predicted molar refractivity (Wildman–Crippen MR) is 108 cm³/mol. The molecule has 0 saturated carbocycles. The molecule has 7 heteroatoms. The standard InChI is InChI=1S/C21H17ClN4O2/c22-13-7-2-1-6-12(13)19-18-15(9-5-10-16(18)27)23-20(25-19)26-21-24-14-8-3-4-11-17(14)28-21/h1-4,6-8,11,19H,5,9-10H2,(H2,23,24,25,26). The lowest BCUT2D eigenvalue weighted by atomic mass is 9.86. The fraction of sp³-hybridized carbons (Fsp3) is 0.190. The van der Waals surface area contributed by atoms with Gasteiger partial charge >= 0.3 is 6.01 Å². The van der Waals surface area contributed by atoms with E-state index in [1.54, 1.807) is 0 Å². The molecule has 6 nitrogen and oxygen atoms in total. The Hall–Kier alpha value is -3.12. The number of fused-ring (bicyclic) bond motifs is 1. The Bertz CT molecular complexity index is 1120. The van der Waals surface area contributed by atoms with Gasteiger partial charge in [-0.25, -0.2) is 4.99 Å². The number of para-hydroxylation sites is 2. The topological polar surface area (TPSA) is 79.5 Å². The first-order valence-electron chi connectivity index (χ1n) is 9.17. The van der Waals surface area contributed by atoms with Gasteiger partial charge in [-0.05, 0) is 36.6 Å². The number of hydrogen-bond donors (Lipinski definition) is 2. The summed E-state index contributed by atoms with van der Waals surface area (Å²) in [6.45, 7) is 0. The smallest absolute Gasteiger partial charge is 0.302 e. The van der Waals surface area contributed by atoms with Crippen molar-refractivity contribution in [3.8, 4) is 0 Å². The van der Waals surface area contributed by atoms with E-state index in [0.717, 1.165) is 29.6 Å². The van der Waals surface area contributed by atoms with Crippen molar-refractivity contribution in [1.82, 2.24) is 10.3 Å². The van der Waals surface area contributed by atoms with Crippen LogP contribution in [0.25, 0.3) is 11.1 Å². The van der Waals surface area contributed by atoms with Gasteiger partial charge in [0.05, 0.1) is 0 Å². The summed E-state index contributed by atoms with van der Waals surface area (Å²) in [5, 5.41) is 6.95. The average Bonchev–Trinajstić information content (AvgIpc) is 3.10. The summed E-state index contributed by atoms with van der Waals surface area (Å²) in [5.74, 6) is 0.605. The first-order chi connectivity index (χ1) is 13.7. The maximum Gasteiger partial charge on any atom is 0.302 e. The number of carbonyl (C=O) groups excluding carboxylic acids is 1. The van der Waals surface area contributed by atoms with Crippen LogP contribution in [0.1, 0.15) is 30.9 Å². The molecule has 0 fully saturated rings. The molecule has 5 rings (SSSR count). The number of nitrogens with one attached hydrogen (secondary N) is 2. The van der Waals surface area contributed by atoms with Crippen molar-refractivity contribution < 1.29 is 9.21 Å². The van der Waals surface area contributed by atoms with E-state index >= 15 is 0 Å². The molecule has 2 aliphatic rings. The monoisotopic (exact) mass is 392 g/mol. The second kappa shape index (κ2) is 6.80. The zero-order valence-electron chi connectivity index (χ0n) is 14.9. The van der Waals surface area contributed by atoms with Gasteiger partial charge in [0.15, 0.2) is 11.4 Å². The number of allylic oxidation sites excluding steroid dienone is 1. The van der Waals surface area contributed by atoms with Gasteiger partial charge in [-0.3, -0.25) is 10.1 Å². The van der Waals surface area contributed by atoms with Gasteiger partial charge in [0, 0.05) is 22.7 Å². The molecule has 1 aromatic heterocycles. The number of rotatable bonds is 2. The fourth-order valence-electron chi connectivity index (χ4n) is 3.69. The molecule has 1 atom stereocenters. The summed E-state index contributed by atoms with van der Waals surface area (Å²) in [4.78, 5) is 21.8. The minimum Gasteiger partial charge on any atom is -0.423 e. The van der Waals surface area contributed by atoms with Gasteiger partial charge < -0.3 is 9.73 Å². The third kappa shape index (κ3) is 2.96. The Balaban J connectivity index is 1.54. The first kappa shape index (κ1) is 17.0. The molecule has 0 radical (unpaired) electrons. The Morgan fingerprint density at radius 3 is 2.79 bits per heavy atom. The minimum absolute atomic E-state index is 0.114. The van der Waals surface area contributed by atoms with Crippen molar-refractivity contribution >= 4 is 40.5 Å². The van der Waals surface area contributed by atoms with E-state index in [0.29, 0.717) is 34.6 Å². The van der Waals surface area contributed by atoms with E-state index < -0.39 is 6.04 Å². The normalized spacial score (nSPS) is 19.2. The number of carbonyl (C=O) groups is 1. The van der Waals surface area contributed by atoms with Crippen molar-refractivity contribution in [3.63, 3.8) is 0 Å². The third-order valence-corrected chi connectivity index (χ3v) is 5.32. The molecule has 1 unspecified atom stereocenters. The van der Waals surface area contributed by atoms with Crippen LogP contribution in [0.2, 0.25) is 5.02 Å². The molecule has 2 aromatic carbocycles. The molecule has 1 aliphatic carbocycles. The van der Waals surface area contributed by atoms with Crippen LogP contribution < -0.4 is 10.6 Å². The maximum absolute atomic E-state index is 12.6. The van der Waals surface area contributed by atoms with Crippen molar-refractivity contribution in [2.24, 2.45) is 4.99 Å². The largest absolute Gasteiger partial charge is 0.423 e. The Morgan fingerprint density at radius 1 is 1.11 bits per heavy atom. The number of ketones is 1. The molecule has 1 aliphatic heterocycles. The van der Waals surface area contributed by atoms with Crippen LogP contribution in [-0.4, -0.2) is 16.7 Å². The van der Waals surface area contributed by atoms with Crippen LogP contribution in [0.4, 0.5) is 6.01 Å². The SMILES string of the molecule is O=C1CCCC2=C1C(c1ccccc1Cl)N=C(Nc1nc3ccccc3o1)N2. The zero-order valence-corrected chi connectivity index (χ0v) is 15.7. The van der Waals surface area contributed by atoms with Crippen LogP contribution in [-0.2, 0) is 4.79 Å². The molecule has 0 spiro atoms. The quantitative estimate of drug-likeness (QED) is 0.666. The highest BCUT2D eigenvalue weighted by atomic mass is 35.5.